The van der Waals surface area contributed by atoms with Gasteiger partial charge in [0.25, 0.3) is 0 Å². The molecule has 0 fully saturated rings. The van der Waals surface area contributed by atoms with Crippen LogP contribution in [0.3, 0.4) is 0 Å². The largest absolute Gasteiger partial charge is 0.376 e. The summed E-state index contributed by atoms with van der Waals surface area (Å²) in [4.78, 5) is 3.96. The maximum absolute atomic E-state index is 9.24. The summed E-state index contributed by atoms with van der Waals surface area (Å²) < 4.78 is 0. The Morgan fingerprint density at radius 1 is 1.08 bits per heavy atom. The topological polar surface area (TPSA) is 42.3 Å². The molecular formula is C20H23ClN4. The summed E-state index contributed by atoms with van der Waals surface area (Å²) in [5.41, 5.74) is 4.71. The third kappa shape index (κ3) is 4.68. The molecule has 130 valence electrons. The molecule has 4 nitrogen and oxygen atoms in total. The summed E-state index contributed by atoms with van der Waals surface area (Å²) in [6, 6.07) is 16.2. The molecule has 0 aliphatic carbocycles. The Morgan fingerprint density at radius 2 is 1.64 bits per heavy atom. The van der Waals surface area contributed by atoms with Crippen LogP contribution in [0.2, 0.25) is 5.02 Å². The van der Waals surface area contributed by atoms with Gasteiger partial charge in [-0.3, -0.25) is 0 Å². The van der Waals surface area contributed by atoms with Crippen LogP contribution in [0, 0.1) is 11.3 Å². The number of halogens is 1. The Balaban J connectivity index is 2.48. The number of anilines is 3. The van der Waals surface area contributed by atoms with Gasteiger partial charge in [-0.15, -0.1) is 0 Å². The highest BCUT2D eigenvalue weighted by molar-refractivity contribution is 6.36. The molecule has 0 atom stereocenters. The third-order valence-electron chi connectivity index (χ3n) is 3.82. The van der Waals surface area contributed by atoms with Gasteiger partial charge >= 0.3 is 0 Å². The molecule has 1 N–H and O–H groups in total. The number of para-hydroxylation sites is 1. The van der Waals surface area contributed by atoms with Crippen molar-refractivity contribution in [1.82, 2.24) is 0 Å². The van der Waals surface area contributed by atoms with Crippen molar-refractivity contribution in [2.45, 2.75) is 6.42 Å². The number of hydrogen-bond donors (Lipinski definition) is 1. The van der Waals surface area contributed by atoms with Crippen molar-refractivity contribution < 1.29 is 0 Å². The Hall–Kier alpha value is -2.64. The van der Waals surface area contributed by atoms with E-state index in [0.29, 0.717) is 11.4 Å². The zero-order valence-electron chi connectivity index (χ0n) is 15.0. The van der Waals surface area contributed by atoms with E-state index in [0.717, 1.165) is 28.2 Å². The summed E-state index contributed by atoms with van der Waals surface area (Å²) in [6.07, 6.45) is 2.20. The summed E-state index contributed by atoms with van der Waals surface area (Å²) in [6.45, 7) is 0. The number of nitriles is 1. The first-order valence-electron chi connectivity index (χ1n) is 8.00. The Labute approximate surface area is 154 Å². The van der Waals surface area contributed by atoms with Gasteiger partial charge in [0.2, 0.25) is 0 Å². The average Bonchev–Trinajstić information content (AvgIpc) is 2.59. The molecule has 0 spiro atoms. The van der Waals surface area contributed by atoms with Gasteiger partial charge in [0.05, 0.1) is 28.9 Å². The van der Waals surface area contributed by atoms with Gasteiger partial charge in [0.15, 0.2) is 0 Å². The Kier molecular flexibility index (Phi) is 6.32. The normalized spacial score (nSPS) is 11.0. The first kappa shape index (κ1) is 18.7. The van der Waals surface area contributed by atoms with Crippen LogP contribution < -0.4 is 15.1 Å². The van der Waals surface area contributed by atoms with E-state index in [9.17, 15) is 5.26 Å². The molecule has 0 aliphatic heterocycles. The molecule has 0 aromatic heterocycles. The van der Waals surface area contributed by atoms with E-state index in [4.69, 9.17) is 11.6 Å². The lowest BCUT2D eigenvalue weighted by molar-refractivity contribution is 1.10. The van der Waals surface area contributed by atoms with E-state index >= 15 is 0 Å². The maximum atomic E-state index is 9.24. The molecule has 0 bridgehead atoms. The monoisotopic (exact) mass is 354 g/mol. The highest BCUT2D eigenvalue weighted by Crippen LogP contribution is 2.37. The third-order valence-corrected chi connectivity index (χ3v) is 4.21. The number of nitrogens with zero attached hydrogens (tertiary/aromatic N) is 3. The molecule has 5 heteroatoms. The summed E-state index contributed by atoms with van der Waals surface area (Å²) in [7, 11) is 7.83. The first-order valence-corrected chi connectivity index (χ1v) is 8.38. The van der Waals surface area contributed by atoms with Crippen molar-refractivity contribution in [2.24, 2.45) is 0 Å². The second-order valence-electron chi connectivity index (χ2n) is 6.13. The molecule has 0 aliphatic rings. The van der Waals surface area contributed by atoms with E-state index in [2.05, 4.69) is 11.4 Å². The fourth-order valence-electron chi connectivity index (χ4n) is 2.46. The van der Waals surface area contributed by atoms with Crippen molar-refractivity contribution in [2.75, 3.05) is 43.3 Å². The molecule has 0 saturated carbocycles. The second kappa shape index (κ2) is 8.46. The minimum absolute atomic E-state index is 0.307. The van der Waals surface area contributed by atoms with E-state index < -0.39 is 0 Å². The van der Waals surface area contributed by atoms with Crippen molar-refractivity contribution in [1.29, 1.82) is 5.26 Å². The highest BCUT2D eigenvalue weighted by Gasteiger charge is 2.14. The van der Waals surface area contributed by atoms with Crippen LogP contribution in [0.15, 0.2) is 48.7 Å². The van der Waals surface area contributed by atoms with Crippen LogP contribution >= 0.6 is 11.6 Å². The van der Waals surface area contributed by atoms with E-state index in [-0.39, 0.29) is 0 Å². The number of benzene rings is 2. The quantitative estimate of drug-likeness (QED) is 0.806. The number of rotatable bonds is 6. The lowest BCUT2D eigenvalue weighted by atomic mass is 10.0. The molecule has 2 rings (SSSR count). The first-order chi connectivity index (χ1) is 11.9. The molecule has 0 amide bonds. The smallest absolute Gasteiger partial charge is 0.0872 e. The SMILES string of the molecule is CN(C)c1cc(C(=CNc2ccccc2)CC#N)cc(N(C)C)c1Cl. The van der Waals surface area contributed by atoms with E-state index in [1.54, 1.807) is 0 Å². The lowest BCUT2D eigenvalue weighted by Crippen LogP contribution is -2.14. The Morgan fingerprint density at radius 3 is 2.12 bits per heavy atom. The van der Waals surface area contributed by atoms with Gasteiger partial charge in [0, 0.05) is 40.1 Å². The Bertz CT molecular complexity index is 760. The molecule has 0 heterocycles. The zero-order chi connectivity index (χ0) is 18.4. The van der Waals surface area contributed by atoms with Gasteiger partial charge in [-0.2, -0.15) is 5.26 Å². The highest BCUT2D eigenvalue weighted by atomic mass is 35.5. The summed E-state index contributed by atoms with van der Waals surface area (Å²) >= 11 is 6.54. The predicted octanol–water partition coefficient (Wildman–Crippen LogP) is 4.84. The van der Waals surface area contributed by atoms with Gasteiger partial charge in [0.1, 0.15) is 0 Å². The van der Waals surface area contributed by atoms with Gasteiger partial charge in [-0.05, 0) is 35.4 Å². The van der Waals surface area contributed by atoms with Gasteiger partial charge < -0.3 is 15.1 Å². The molecular weight excluding hydrogens is 332 g/mol. The van der Waals surface area contributed by atoms with Crippen molar-refractivity contribution in [3.8, 4) is 6.07 Å². The number of nitrogens with one attached hydrogen (secondary N) is 1. The summed E-state index contributed by atoms with van der Waals surface area (Å²) in [5, 5.41) is 13.2. The van der Waals surface area contributed by atoms with Crippen LogP contribution in [0.4, 0.5) is 17.1 Å². The molecule has 0 saturated heterocycles. The van der Waals surface area contributed by atoms with E-state index in [1.807, 2.05) is 86.7 Å². The second-order valence-corrected chi connectivity index (χ2v) is 6.51. The summed E-state index contributed by atoms with van der Waals surface area (Å²) in [5.74, 6) is 0. The van der Waals surface area contributed by atoms with E-state index in [1.165, 1.54) is 0 Å². The molecule has 0 unspecified atom stereocenters. The molecule has 2 aromatic carbocycles. The van der Waals surface area contributed by atoms with Crippen molar-refractivity contribution >= 4 is 34.2 Å². The number of allylic oxidation sites excluding steroid dienone is 1. The fraction of sp³-hybridized carbons (Fsp3) is 0.250. The zero-order valence-corrected chi connectivity index (χ0v) is 15.8. The minimum atomic E-state index is 0.307. The van der Waals surface area contributed by atoms with Crippen LogP contribution in [0.25, 0.3) is 5.57 Å². The molecule has 25 heavy (non-hydrogen) atoms. The van der Waals surface area contributed by atoms with Crippen LogP contribution in [0.1, 0.15) is 12.0 Å². The lowest BCUT2D eigenvalue weighted by Gasteiger charge is -2.23. The number of hydrogen-bond acceptors (Lipinski definition) is 4. The van der Waals surface area contributed by atoms with Crippen molar-refractivity contribution in [3.63, 3.8) is 0 Å². The van der Waals surface area contributed by atoms with Crippen LogP contribution in [-0.2, 0) is 0 Å². The van der Waals surface area contributed by atoms with Gasteiger partial charge in [-0.1, -0.05) is 29.8 Å². The average molecular weight is 355 g/mol. The maximum Gasteiger partial charge on any atom is 0.0872 e. The van der Waals surface area contributed by atoms with Crippen LogP contribution in [0.5, 0.6) is 0 Å². The predicted molar refractivity (Wildman–Crippen MR) is 108 cm³/mol. The van der Waals surface area contributed by atoms with Gasteiger partial charge in [-0.25, -0.2) is 0 Å². The van der Waals surface area contributed by atoms with Crippen molar-refractivity contribution in [3.05, 3.63) is 59.3 Å². The fourth-order valence-corrected chi connectivity index (χ4v) is 2.90. The van der Waals surface area contributed by atoms with Crippen LogP contribution in [-0.4, -0.2) is 28.2 Å². The minimum Gasteiger partial charge on any atom is -0.376 e. The molecule has 2 aromatic rings. The molecule has 0 radical (unpaired) electrons. The standard InChI is InChI=1S/C20H23ClN4/c1-24(2)18-12-16(13-19(20(18)21)25(3)4)15(10-11-22)14-23-17-8-6-5-7-9-17/h5-9,12-14,23H,10H2,1-4H3.